The van der Waals surface area contributed by atoms with Crippen LogP contribution in [0.25, 0.3) is 0 Å². The van der Waals surface area contributed by atoms with Gasteiger partial charge in [-0.3, -0.25) is 0 Å². The molecule has 1 atom stereocenters. The van der Waals surface area contributed by atoms with E-state index in [1.807, 2.05) is 20.8 Å². The molecule has 1 aliphatic carbocycles. The SMILES string of the molecule is Cc1ccc(C)c(C(C)NC2CC(NC(=O)OC(C)(C)C)C2)c1. The summed E-state index contributed by atoms with van der Waals surface area (Å²) in [6.45, 7) is 12.1. The van der Waals surface area contributed by atoms with Crippen LogP contribution in [0.1, 0.15) is 63.3 Å². The number of nitrogens with one attached hydrogen (secondary N) is 2. The summed E-state index contributed by atoms with van der Waals surface area (Å²) in [6.07, 6.45) is 1.59. The quantitative estimate of drug-likeness (QED) is 0.882. The minimum absolute atomic E-state index is 0.216. The number of amides is 1. The van der Waals surface area contributed by atoms with Gasteiger partial charge in [-0.1, -0.05) is 23.8 Å². The van der Waals surface area contributed by atoms with Crippen LogP contribution < -0.4 is 10.6 Å². The van der Waals surface area contributed by atoms with Crippen molar-refractivity contribution in [2.24, 2.45) is 0 Å². The topological polar surface area (TPSA) is 50.4 Å². The third kappa shape index (κ3) is 5.24. The van der Waals surface area contributed by atoms with Gasteiger partial charge in [0.15, 0.2) is 0 Å². The van der Waals surface area contributed by atoms with E-state index in [4.69, 9.17) is 4.74 Å². The zero-order valence-corrected chi connectivity index (χ0v) is 15.2. The fraction of sp³-hybridized carbons (Fsp3) is 0.632. The maximum atomic E-state index is 11.7. The molecule has 2 N–H and O–H groups in total. The largest absolute Gasteiger partial charge is 0.444 e. The van der Waals surface area contributed by atoms with Gasteiger partial charge in [0.25, 0.3) is 0 Å². The molecule has 128 valence electrons. The number of rotatable bonds is 4. The van der Waals surface area contributed by atoms with Gasteiger partial charge in [0, 0.05) is 18.1 Å². The highest BCUT2D eigenvalue weighted by Gasteiger charge is 2.32. The molecule has 0 saturated heterocycles. The molecule has 1 saturated carbocycles. The van der Waals surface area contributed by atoms with Gasteiger partial charge in [-0.2, -0.15) is 0 Å². The van der Waals surface area contributed by atoms with Gasteiger partial charge in [-0.15, -0.1) is 0 Å². The molecular formula is C19H30N2O2. The summed E-state index contributed by atoms with van der Waals surface area (Å²) in [7, 11) is 0. The van der Waals surface area contributed by atoms with Crippen LogP contribution in [0, 0.1) is 13.8 Å². The van der Waals surface area contributed by atoms with Gasteiger partial charge in [0.05, 0.1) is 0 Å². The Labute approximate surface area is 140 Å². The molecule has 1 unspecified atom stereocenters. The molecule has 2 rings (SSSR count). The number of carbonyl (C=O) groups excluding carboxylic acids is 1. The van der Waals surface area contributed by atoms with Crippen LogP contribution in [0.2, 0.25) is 0 Å². The predicted molar refractivity (Wildman–Crippen MR) is 93.6 cm³/mol. The minimum atomic E-state index is -0.442. The molecule has 0 aromatic heterocycles. The molecule has 1 amide bonds. The lowest BCUT2D eigenvalue weighted by molar-refractivity contribution is 0.0463. The first-order chi connectivity index (χ1) is 10.6. The zero-order valence-electron chi connectivity index (χ0n) is 15.2. The third-order valence-corrected chi connectivity index (χ3v) is 4.25. The number of carbonyl (C=O) groups is 1. The Morgan fingerprint density at radius 1 is 1.22 bits per heavy atom. The van der Waals surface area contributed by atoms with E-state index in [1.165, 1.54) is 16.7 Å². The maximum absolute atomic E-state index is 11.7. The molecule has 1 aromatic carbocycles. The smallest absolute Gasteiger partial charge is 0.407 e. The Hall–Kier alpha value is -1.55. The molecular weight excluding hydrogens is 288 g/mol. The summed E-state index contributed by atoms with van der Waals surface area (Å²) in [5.41, 5.74) is 3.52. The summed E-state index contributed by atoms with van der Waals surface area (Å²) in [4.78, 5) is 11.7. The highest BCUT2D eigenvalue weighted by Crippen LogP contribution is 2.26. The van der Waals surface area contributed by atoms with E-state index in [2.05, 4.69) is 49.6 Å². The van der Waals surface area contributed by atoms with Crippen molar-refractivity contribution in [3.63, 3.8) is 0 Å². The number of ether oxygens (including phenoxy) is 1. The Bertz CT molecular complexity index is 557. The lowest BCUT2D eigenvalue weighted by atomic mass is 9.85. The highest BCUT2D eigenvalue weighted by atomic mass is 16.6. The molecule has 1 fully saturated rings. The zero-order chi connectivity index (χ0) is 17.2. The van der Waals surface area contributed by atoms with Crippen LogP contribution in [-0.4, -0.2) is 23.8 Å². The molecule has 4 nitrogen and oxygen atoms in total. The predicted octanol–water partition coefficient (Wildman–Crippen LogP) is 4.01. The van der Waals surface area contributed by atoms with Crippen LogP contribution in [0.3, 0.4) is 0 Å². The number of aryl methyl sites for hydroxylation is 2. The van der Waals surface area contributed by atoms with E-state index in [1.54, 1.807) is 0 Å². The Morgan fingerprint density at radius 2 is 1.87 bits per heavy atom. The minimum Gasteiger partial charge on any atom is -0.444 e. The second-order valence-corrected chi connectivity index (χ2v) is 7.76. The molecule has 1 aliphatic rings. The molecule has 0 aliphatic heterocycles. The average molecular weight is 318 g/mol. The van der Waals surface area contributed by atoms with E-state index in [9.17, 15) is 4.79 Å². The van der Waals surface area contributed by atoms with Crippen molar-refractivity contribution in [3.05, 3.63) is 34.9 Å². The third-order valence-electron chi connectivity index (χ3n) is 4.25. The molecule has 0 bridgehead atoms. The van der Waals surface area contributed by atoms with Crippen LogP contribution in [0.15, 0.2) is 18.2 Å². The van der Waals surface area contributed by atoms with Crippen molar-refractivity contribution in [3.8, 4) is 0 Å². The Balaban J connectivity index is 1.77. The molecule has 0 heterocycles. The lowest BCUT2D eigenvalue weighted by Crippen LogP contribution is -2.53. The fourth-order valence-electron chi connectivity index (χ4n) is 3.02. The maximum Gasteiger partial charge on any atom is 0.407 e. The number of alkyl carbamates (subject to hydrolysis) is 1. The Kier molecular flexibility index (Phi) is 5.35. The van der Waals surface area contributed by atoms with Crippen LogP contribution >= 0.6 is 0 Å². The normalized spacial score (nSPS) is 22.2. The molecule has 0 spiro atoms. The summed E-state index contributed by atoms with van der Waals surface area (Å²) in [6, 6.07) is 7.56. The monoisotopic (exact) mass is 318 g/mol. The molecule has 4 heteroatoms. The van der Waals surface area contributed by atoms with Gasteiger partial charge >= 0.3 is 6.09 Å². The van der Waals surface area contributed by atoms with Crippen molar-refractivity contribution in [2.75, 3.05) is 0 Å². The summed E-state index contributed by atoms with van der Waals surface area (Å²) in [5.74, 6) is 0. The number of hydrogen-bond acceptors (Lipinski definition) is 3. The first-order valence-electron chi connectivity index (χ1n) is 8.47. The summed E-state index contributed by atoms with van der Waals surface area (Å²) in [5, 5.41) is 6.60. The molecule has 0 radical (unpaired) electrons. The average Bonchev–Trinajstić information content (AvgIpc) is 2.36. The van der Waals surface area contributed by atoms with Crippen molar-refractivity contribution in [1.82, 2.24) is 10.6 Å². The van der Waals surface area contributed by atoms with E-state index < -0.39 is 5.60 Å². The van der Waals surface area contributed by atoms with Gasteiger partial charge in [0.2, 0.25) is 0 Å². The van der Waals surface area contributed by atoms with Gasteiger partial charge in [-0.25, -0.2) is 4.79 Å². The second kappa shape index (κ2) is 6.91. The molecule has 23 heavy (non-hydrogen) atoms. The van der Waals surface area contributed by atoms with Crippen molar-refractivity contribution >= 4 is 6.09 Å². The van der Waals surface area contributed by atoms with Crippen LogP contribution in [0.5, 0.6) is 0 Å². The van der Waals surface area contributed by atoms with Crippen molar-refractivity contribution < 1.29 is 9.53 Å². The van der Waals surface area contributed by atoms with Crippen molar-refractivity contribution in [2.45, 2.75) is 78.1 Å². The van der Waals surface area contributed by atoms with Crippen molar-refractivity contribution in [1.29, 1.82) is 0 Å². The first-order valence-corrected chi connectivity index (χ1v) is 8.47. The fourth-order valence-corrected chi connectivity index (χ4v) is 3.02. The first kappa shape index (κ1) is 17.8. The highest BCUT2D eigenvalue weighted by molar-refractivity contribution is 5.68. The number of hydrogen-bond donors (Lipinski definition) is 2. The van der Waals surface area contributed by atoms with Gasteiger partial charge < -0.3 is 15.4 Å². The van der Waals surface area contributed by atoms with Crippen LogP contribution in [0.4, 0.5) is 4.79 Å². The second-order valence-electron chi connectivity index (χ2n) is 7.76. The number of benzene rings is 1. The van der Waals surface area contributed by atoms with E-state index in [0.717, 1.165) is 12.8 Å². The summed E-state index contributed by atoms with van der Waals surface area (Å²) < 4.78 is 5.29. The van der Waals surface area contributed by atoms with E-state index >= 15 is 0 Å². The Morgan fingerprint density at radius 3 is 2.48 bits per heavy atom. The van der Waals surface area contributed by atoms with Gasteiger partial charge in [-0.05, 0) is 65.5 Å². The molecule has 1 aromatic rings. The van der Waals surface area contributed by atoms with Crippen LogP contribution in [-0.2, 0) is 4.74 Å². The summed E-state index contributed by atoms with van der Waals surface area (Å²) >= 11 is 0. The van der Waals surface area contributed by atoms with E-state index in [-0.39, 0.29) is 12.1 Å². The standard InChI is InChI=1S/C19H30N2O2/c1-12-7-8-13(2)17(9-12)14(3)20-15-10-16(11-15)21-18(22)23-19(4,5)6/h7-9,14-16,20H,10-11H2,1-6H3,(H,21,22). The lowest BCUT2D eigenvalue weighted by Gasteiger charge is -2.38. The van der Waals surface area contributed by atoms with E-state index in [0.29, 0.717) is 12.1 Å². The van der Waals surface area contributed by atoms with Gasteiger partial charge in [0.1, 0.15) is 5.60 Å².